The van der Waals surface area contributed by atoms with Crippen molar-refractivity contribution in [2.45, 2.75) is 32.9 Å². The van der Waals surface area contributed by atoms with Crippen molar-refractivity contribution in [2.75, 3.05) is 35.4 Å². The first-order valence-electron chi connectivity index (χ1n) is 9.50. The largest absolute Gasteiger partial charge is 0.377 e. The number of aromatic amines is 1. The highest BCUT2D eigenvalue weighted by Gasteiger charge is 2.26. The van der Waals surface area contributed by atoms with Crippen LogP contribution >= 0.6 is 0 Å². The van der Waals surface area contributed by atoms with Crippen molar-refractivity contribution in [2.24, 2.45) is 5.84 Å². The number of anilines is 3. The van der Waals surface area contributed by atoms with Crippen molar-refractivity contribution in [1.29, 1.82) is 0 Å². The molecule has 1 aliphatic heterocycles. The second kappa shape index (κ2) is 7.61. The van der Waals surface area contributed by atoms with Gasteiger partial charge in [0.15, 0.2) is 17.5 Å². The minimum atomic E-state index is 0.181. The number of nitrogens with two attached hydrogens (primary N) is 1. The molecule has 0 saturated carbocycles. The van der Waals surface area contributed by atoms with Crippen molar-refractivity contribution < 1.29 is 4.74 Å². The fourth-order valence-corrected chi connectivity index (χ4v) is 3.49. The highest BCUT2D eigenvalue weighted by Crippen LogP contribution is 2.36. The smallest absolute Gasteiger partial charge is 0.164 e. The Kier molecular flexibility index (Phi) is 5.01. The van der Waals surface area contributed by atoms with Gasteiger partial charge in [-0.25, -0.2) is 15.0 Å². The molecule has 0 amide bonds. The van der Waals surface area contributed by atoms with E-state index < -0.39 is 0 Å². The average molecular weight is 382 g/mol. The van der Waals surface area contributed by atoms with E-state index in [1.54, 1.807) is 6.20 Å². The number of nitrogens with one attached hydrogen (secondary N) is 3. The lowest BCUT2D eigenvalue weighted by atomic mass is 10.1. The van der Waals surface area contributed by atoms with E-state index in [1.807, 2.05) is 18.3 Å². The normalized spacial score (nSPS) is 17.3. The van der Waals surface area contributed by atoms with Crippen molar-refractivity contribution >= 4 is 28.4 Å². The Bertz CT molecular complexity index is 970. The number of hydrazine groups is 1. The molecule has 9 nitrogen and oxygen atoms in total. The quantitative estimate of drug-likeness (QED) is 0.392. The number of hydrogen-bond acceptors (Lipinski definition) is 8. The molecule has 1 aliphatic rings. The summed E-state index contributed by atoms with van der Waals surface area (Å²) in [5.41, 5.74) is 5.22. The van der Waals surface area contributed by atoms with Gasteiger partial charge in [0.1, 0.15) is 11.3 Å². The molecule has 4 heterocycles. The maximum absolute atomic E-state index is 5.90. The maximum Gasteiger partial charge on any atom is 0.164 e. The van der Waals surface area contributed by atoms with E-state index in [2.05, 4.69) is 46.4 Å². The molecule has 3 aromatic heterocycles. The number of nitrogens with zero attached hydrogens (tertiary/aromatic N) is 4. The first-order valence-corrected chi connectivity index (χ1v) is 9.50. The van der Waals surface area contributed by atoms with E-state index in [0.717, 1.165) is 29.0 Å². The summed E-state index contributed by atoms with van der Waals surface area (Å²) in [4.78, 5) is 19.4. The summed E-state index contributed by atoms with van der Waals surface area (Å²) in [6.07, 6.45) is 3.63. The summed E-state index contributed by atoms with van der Waals surface area (Å²) >= 11 is 0. The fraction of sp³-hybridized carbons (Fsp3) is 0.421. The Hall–Kier alpha value is -2.91. The molecule has 0 aliphatic carbocycles. The van der Waals surface area contributed by atoms with E-state index in [9.17, 15) is 0 Å². The number of nitrogen functional groups attached to an aromatic ring is 1. The van der Waals surface area contributed by atoms with Gasteiger partial charge in [-0.1, -0.05) is 0 Å². The Balaban J connectivity index is 1.91. The zero-order valence-corrected chi connectivity index (χ0v) is 16.4. The van der Waals surface area contributed by atoms with Crippen LogP contribution in [0.3, 0.4) is 0 Å². The summed E-state index contributed by atoms with van der Waals surface area (Å²) in [5, 5.41) is 4.37. The molecule has 1 fully saturated rings. The van der Waals surface area contributed by atoms with E-state index in [4.69, 9.17) is 20.5 Å². The number of pyridine rings is 1. The Morgan fingerprint density at radius 3 is 2.93 bits per heavy atom. The van der Waals surface area contributed by atoms with Crippen LogP contribution in [0.4, 0.5) is 17.3 Å². The molecule has 1 atom stereocenters. The number of H-pyrrole nitrogens is 1. The molecule has 28 heavy (non-hydrogen) atoms. The van der Waals surface area contributed by atoms with Crippen LogP contribution in [0.2, 0.25) is 0 Å². The lowest BCUT2D eigenvalue weighted by molar-refractivity contribution is 0.0986. The Morgan fingerprint density at radius 1 is 1.32 bits per heavy atom. The number of fused-ring (bicyclic) bond motifs is 1. The van der Waals surface area contributed by atoms with Crippen molar-refractivity contribution in [3.8, 4) is 11.4 Å². The highest BCUT2D eigenvalue weighted by atomic mass is 16.5. The molecule has 3 aromatic rings. The Morgan fingerprint density at radius 2 is 2.18 bits per heavy atom. The predicted molar refractivity (Wildman–Crippen MR) is 111 cm³/mol. The number of ether oxygens (including phenoxy) is 1. The molecule has 0 bridgehead atoms. The molecule has 148 valence electrons. The van der Waals surface area contributed by atoms with Gasteiger partial charge < -0.3 is 25.4 Å². The lowest BCUT2D eigenvalue weighted by Gasteiger charge is -2.35. The minimum absolute atomic E-state index is 0.181. The van der Waals surface area contributed by atoms with E-state index >= 15 is 0 Å². The molecule has 4 rings (SSSR count). The van der Waals surface area contributed by atoms with Crippen molar-refractivity contribution in [3.63, 3.8) is 0 Å². The van der Waals surface area contributed by atoms with Gasteiger partial charge in [-0.2, -0.15) is 0 Å². The van der Waals surface area contributed by atoms with Gasteiger partial charge in [0.25, 0.3) is 0 Å². The third kappa shape index (κ3) is 3.34. The number of rotatable bonds is 5. The molecule has 0 spiro atoms. The first kappa shape index (κ1) is 18.5. The van der Waals surface area contributed by atoms with Crippen LogP contribution in [0.25, 0.3) is 22.4 Å². The molecule has 0 unspecified atom stereocenters. The summed E-state index contributed by atoms with van der Waals surface area (Å²) in [6, 6.07) is 4.30. The van der Waals surface area contributed by atoms with Crippen LogP contribution in [-0.4, -0.2) is 51.8 Å². The average Bonchev–Trinajstić information content (AvgIpc) is 3.16. The van der Waals surface area contributed by atoms with Crippen LogP contribution in [0.15, 0.2) is 24.5 Å². The topological polar surface area (TPSA) is 117 Å². The first-order chi connectivity index (χ1) is 13.6. The van der Waals surface area contributed by atoms with E-state index in [1.165, 1.54) is 0 Å². The molecule has 9 heteroatoms. The maximum atomic E-state index is 5.90. The monoisotopic (exact) mass is 382 g/mol. The minimum Gasteiger partial charge on any atom is -0.377 e. The Labute approximate surface area is 163 Å². The standard InChI is InChI=1S/C19H26N8O/c1-11(2)23-18-15(26-20)19(27-8-9-28-10-12(27)3)25-17(24-18)14-5-7-22-16-13(14)4-6-21-16/h4-7,11-12,26H,8-10,20H2,1-3H3,(H,21,22)(H,23,24,25)/t12-/m1/s1. The molecular weight excluding hydrogens is 356 g/mol. The number of morpholine rings is 1. The van der Waals surface area contributed by atoms with Crippen molar-refractivity contribution in [1.82, 2.24) is 19.9 Å². The molecule has 1 saturated heterocycles. The highest BCUT2D eigenvalue weighted by molar-refractivity contribution is 5.92. The van der Waals surface area contributed by atoms with Crippen LogP contribution < -0.4 is 21.5 Å². The molecule has 0 radical (unpaired) electrons. The van der Waals surface area contributed by atoms with Gasteiger partial charge in [-0.3, -0.25) is 5.84 Å². The van der Waals surface area contributed by atoms with Gasteiger partial charge >= 0.3 is 0 Å². The van der Waals surface area contributed by atoms with Gasteiger partial charge in [0.2, 0.25) is 0 Å². The third-order valence-electron chi connectivity index (χ3n) is 4.80. The number of hydrogen-bond donors (Lipinski definition) is 4. The number of aromatic nitrogens is 4. The van der Waals surface area contributed by atoms with Gasteiger partial charge in [0, 0.05) is 35.9 Å². The third-order valence-corrected chi connectivity index (χ3v) is 4.80. The van der Waals surface area contributed by atoms with E-state index in [0.29, 0.717) is 30.5 Å². The van der Waals surface area contributed by atoms with Crippen LogP contribution in [0.1, 0.15) is 20.8 Å². The predicted octanol–water partition coefficient (Wildman–Crippen LogP) is 2.35. The summed E-state index contributed by atoms with van der Waals surface area (Å²) in [5.74, 6) is 7.97. The summed E-state index contributed by atoms with van der Waals surface area (Å²) in [6.45, 7) is 8.29. The van der Waals surface area contributed by atoms with Gasteiger partial charge in [-0.15, -0.1) is 0 Å². The molecular formula is C19H26N8O. The van der Waals surface area contributed by atoms with E-state index in [-0.39, 0.29) is 12.1 Å². The second-order valence-electron chi connectivity index (χ2n) is 7.25. The van der Waals surface area contributed by atoms with Crippen LogP contribution in [0, 0.1) is 0 Å². The van der Waals surface area contributed by atoms with Gasteiger partial charge in [-0.05, 0) is 32.9 Å². The second-order valence-corrected chi connectivity index (χ2v) is 7.25. The summed E-state index contributed by atoms with van der Waals surface area (Å²) in [7, 11) is 0. The fourth-order valence-electron chi connectivity index (χ4n) is 3.49. The molecule has 5 N–H and O–H groups in total. The zero-order chi connectivity index (χ0) is 19.7. The SMILES string of the molecule is CC(C)Nc1nc(-c2ccnc3[nH]ccc23)nc(N2CCOC[C@H]2C)c1NN. The van der Waals surface area contributed by atoms with Crippen LogP contribution in [-0.2, 0) is 4.74 Å². The zero-order valence-electron chi connectivity index (χ0n) is 16.4. The van der Waals surface area contributed by atoms with Crippen molar-refractivity contribution in [3.05, 3.63) is 24.5 Å². The summed E-state index contributed by atoms with van der Waals surface area (Å²) < 4.78 is 5.60. The van der Waals surface area contributed by atoms with Gasteiger partial charge in [0.05, 0.1) is 19.3 Å². The molecule has 0 aromatic carbocycles. The van der Waals surface area contributed by atoms with Crippen LogP contribution in [0.5, 0.6) is 0 Å². The lowest BCUT2D eigenvalue weighted by Crippen LogP contribution is -2.44.